The third kappa shape index (κ3) is 2.76. The van der Waals surface area contributed by atoms with Crippen LogP contribution in [0.2, 0.25) is 0 Å². The van der Waals surface area contributed by atoms with Crippen LogP contribution in [0.3, 0.4) is 0 Å². The lowest BCUT2D eigenvalue weighted by molar-refractivity contribution is 0.547. The van der Waals surface area contributed by atoms with Crippen molar-refractivity contribution in [3.05, 3.63) is 40.6 Å². The Morgan fingerprint density at radius 3 is 3.00 bits per heavy atom. The van der Waals surface area contributed by atoms with Gasteiger partial charge >= 0.3 is 0 Å². The molecule has 4 heteroatoms. The van der Waals surface area contributed by atoms with Crippen molar-refractivity contribution in [1.82, 2.24) is 14.9 Å². The second-order valence-corrected chi connectivity index (χ2v) is 4.95. The molecule has 1 atom stereocenters. The van der Waals surface area contributed by atoms with Gasteiger partial charge in [-0.1, -0.05) is 13.0 Å². The molecule has 0 bridgehead atoms. The smallest absolute Gasteiger partial charge is 0.131 e. The van der Waals surface area contributed by atoms with E-state index in [9.17, 15) is 0 Å². The molecule has 0 saturated heterocycles. The van der Waals surface area contributed by atoms with Gasteiger partial charge in [-0.25, -0.2) is 4.98 Å². The number of nitrogens with one attached hydrogen (secondary N) is 1. The molecule has 17 heavy (non-hydrogen) atoms. The van der Waals surface area contributed by atoms with E-state index < -0.39 is 0 Å². The summed E-state index contributed by atoms with van der Waals surface area (Å²) in [4.78, 5) is 5.84. The van der Waals surface area contributed by atoms with E-state index in [4.69, 9.17) is 0 Å². The third-order valence-corrected chi connectivity index (χ3v) is 3.71. The molecular formula is C13H19N3S. The number of rotatable bonds is 6. The SMILES string of the molecule is CCCNC(c1cccs1)c1nccn1CC. The molecule has 2 aromatic rings. The average molecular weight is 249 g/mol. The Bertz CT molecular complexity index is 433. The van der Waals surface area contributed by atoms with E-state index >= 15 is 0 Å². The van der Waals surface area contributed by atoms with E-state index in [0.29, 0.717) is 0 Å². The van der Waals surface area contributed by atoms with E-state index in [0.717, 1.165) is 25.3 Å². The molecule has 1 N–H and O–H groups in total. The van der Waals surface area contributed by atoms with Gasteiger partial charge in [0.05, 0.1) is 0 Å². The van der Waals surface area contributed by atoms with Crippen LogP contribution < -0.4 is 5.32 Å². The first kappa shape index (κ1) is 12.3. The number of hydrogen-bond acceptors (Lipinski definition) is 3. The normalized spacial score (nSPS) is 12.8. The van der Waals surface area contributed by atoms with Crippen LogP contribution in [0.5, 0.6) is 0 Å². The molecular weight excluding hydrogens is 230 g/mol. The van der Waals surface area contributed by atoms with Gasteiger partial charge in [-0.3, -0.25) is 0 Å². The molecule has 2 heterocycles. The molecule has 0 aliphatic rings. The van der Waals surface area contributed by atoms with Crippen LogP contribution in [0.25, 0.3) is 0 Å². The summed E-state index contributed by atoms with van der Waals surface area (Å²) in [6, 6.07) is 4.50. The average Bonchev–Trinajstić information content (AvgIpc) is 3.00. The van der Waals surface area contributed by atoms with Crippen LogP contribution in [0.4, 0.5) is 0 Å². The number of aryl methyl sites for hydroxylation is 1. The monoisotopic (exact) mass is 249 g/mol. The van der Waals surface area contributed by atoms with Gasteiger partial charge in [-0.15, -0.1) is 11.3 Å². The highest BCUT2D eigenvalue weighted by molar-refractivity contribution is 7.10. The van der Waals surface area contributed by atoms with Crippen LogP contribution in [-0.4, -0.2) is 16.1 Å². The van der Waals surface area contributed by atoms with E-state index in [1.54, 1.807) is 11.3 Å². The lowest BCUT2D eigenvalue weighted by atomic mass is 10.2. The number of nitrogens with zero attached hydrogens (tertiary/aromatic N) is 2. The second-order valence-electron chi connectivity index (χ2n) is 3.97. The van der Waals surface area contributed by atoms with Gasteiger partial charge in [0, 0.05) is 23.8 Å². The summed E-state index contributed by atoms with van der Waals surface area (Å²) in [5.74, 6) is 1.11. The van der Waals surface area contributed by atoms with Gasteiger partial charge in [0.2, 0.25) is 0 Å². The summed E-state index contributed by atoms with van der Waals surface area (Å²) in [6.45, 7) is 6.31. The van der Waals surface area contributed by atoms with Gasteiger partial charge in [0.15, 0.2) is 0 Å². The highest BCUT2D eigenvalue weighted by Gasteiger charge is 2.18. The fraction of sp³-hybridized carbons (Fsp3) is 0.462. The standard InChI is InChI=1S/C13H19N3S/c1-3-7-14-12(11-6-5-10-17-11)13-15-8-9-16(13)4-2/h5-6,8-10,12,14H,3-4,7H2,1-2H3. The van der Waals surface area contributed by atoms with Crippen molar-refractivity contribution >= 4 is 11.3 Å². The molecule has 3 nitrogen and oxygen atoms in total. The summed E-state index contributed by atoms with van der Waals surface area (Å²) in [5.41, 5.74) is 0. The predicted octanol–water partition coefficient (Wildman–Crippen LogP) is 3.05. The summed E-state index contributed by atoms with van der Waals surface area (Å²) in [6.07, 6.45) is 5.06. The van der Waals surface area contributed by atoms with Crippen LogP contribution >= 0.6 is 11.3 Å². The van der Waals surface area contributed by atoms with Gasteiger partial charge in [0.25, 0.3) is 0 Å². The van der Waals surface area contributed by atoms with Crippen molar-refractivity contribution in [2.24, 2.45) is 0 Å². The Labute approximate surface area is 107 Å². The zero-order valence-electron chi connectivity index (χ0n) is 10.4. The van der Waals surface area contributed by atoms with E-state index in [1.165, 1.54) is 4.88 Å². The van der Waals surface area contributed by atoms with E-state index in [-0.39, 0.29) is 6.04 Å². The maximum absolute atomic E-state index is 4.50. The first-order valence-corrected chi connectivity index (χ1v) is 7.02. The van der Waals surface area contributed by atoms with Crippen molar-refractivity contribution in [3.63, 3.8) is 0 Å². The summed E-state index contributed by atoms with van der Waals surface area (Å²) >= 11 is 1.78. The van der Waals surface area contributed by atoms with Crippen LogP contribution in [0.15, 0.2) is 29.9 Å². The second kappa shape index (κ2) is 5.98. The molecule has 92 valence electrons. The fourth-order valence-electron chi connectivity index (χ4n) is 1.91. The fourth-order valence-corrected chi connectivity index (χ4v) is 2.71. The molecule has 0 aliphatic carbocycles. The van der Waals surface area contributed by atoms with Crippen molar-refractivity contribution in [2.75, 3.05) is 6.54 Å². The quantitative estimate of drug-likeness (QED) is 0.852. The Morgan fingerprint density at radius 1 is 1.47 bits per heavy atom. The molecule has 0 spiro atoms. The predicted molar refractivity (Wildman–Crippen MR) is 72.4 cm³/mol. The first-order valence-electron chi connectivity index (χ1n) is 6.14. The molecule has 0 fully saturated rings. The highest BCUT2D eigenvalue weighted by atomic mass is 32.1. The molecule has 1 unspecified atom stereocenters. The molecule has 0 aromatic carbocycles. The van der Waals surface area contributed by atoms with Gasteiger partial charge in [-0.2, -0.15) is 0 Å². The number of imidazole rings is 1. The number of hydrogen-bond donors (Lipinski definition) is 1. The van der Waals surface area contributed by atoms with Crippen LogP contribution in [-0.2, 0) is 6.54 Å². The Morgan fingerprint density at radius 2 is 2.35 bits per heavy atom. The first-order chi connectivity index (χ1) is 8.36. The highest BCUT2D eigenvalue weighted by Crippen LogP contribution is 2.24. The minimum Gasteiger partial charge on any atom is -0.334 e. The lowest BCUT2D eigenvalue weighted by Gasteiger charge is -2.17. The maximum atomic E-state index is 4.50. The third-order valence-electron chi connectivity index (χ3n) is 2.77. The zero-order chi connectivity index (χ0) is 12.1. The summed E-state index contributed by atoms with van der Waals surface area (Å²) in [5, 5.41) is 5.70. The molecule has 0 amide bonds. The lowest BCUT2D eigenvalue weighted by Crippen LogP contribution is -2.25. The van der Waals surface area contributed by atoms with Gasteiger partial charge in [0.1, 0.15) is 11.9 Å². The van der Waals surface area contributed by atoms with Crippen molar-refractivity contribution in [1.29, 1.82) is 0 Å². The minimum atomic E-state index is 0.227. The molecule has 2 rings (SSSR count). The van der Waals surface area contributed by atoms with Crippen molar-refractivity contribution in [3.8, 4) is 0 Å². The van der Waals surface area contributed by atoms with Crippen LogP contribution in [0, 0.1) is 0 Å². The minimum absolute atomic E-state index is 0.227. The largest absolute Gasteiger partial charge is 0.334 e. The van der Waals surface area contributed by atoms with Crippen LogP contribution in [0.1, 0.15) is 37.0 Å². The summed E-state index contributed by atoms with van der Waals surface area (Å²) < 4.78 is 2.20. The zero-order valence-corrected chi connectivity index (χ0v) is 11.2. The number of aromatic nitrogens is 2. The topological polar surface area (TPSA) is 29.9 Å². The van der Waals surface area contributed by atoms with Crippen molar-refractivity contribution in [2.45, 2.75) is 32.9 Å². The van der Waals surface area contributed by atoms with Gasteiger partial charge < -0.3 is 9.88 Å². The molecule has 0 saturated carbocycles. The Balaban J connectivity index is 2.27. The van der Waals surface area contributed by atoms with E-state index in [2.05, 4.69) is 46.2 Å². The van der Waals surface area contributed by atoms with Crippen molar-refractivity contribution < 1.29 is 0 Å². The number of thiophene rings is 1. The molecule has 0 aliphatic heterocycles. The van der Waals surface area contributed by atoms with E-state index in [1.807, 2.05) is 12.4 Å². The summed E-state index contributed by atoms with van der Waals surface area (Å²) in [7, 11) is 0. The van der Waals surface area contributed by atoms with Gasteiger partial charge in [-0.05, 0) is 31.3 Å². The Kier molecular flexibility index (Phi) is 4.34. The Hall–Kier alpha value is -1.13. The molecule has 2 aromatic heterocycles. The maximum Gasteiger partial charge on any atom is 0.131 e. The molecule has 0 radical (unpaired) electrons.